The first-order valence-electron chi connectivity index (χ1n) is 8.37. The van der Waals surface area contributed by atoms with E-state index in [0.717, 1.165) is 20.4 Å². The van der Waals surface area contributed by atoms with E-state index < -0.39 is 0 Å². The standard InChI is InChI=1S/C21H14Cl3IN2O2/c22-16-5-3-15(4-6-16)21(28)27-26-11-13-2-8-20(19(25)10-13)29-12-14-1-7-17(23)18(24)9-14/h1-11H,12H2,(H,27,28)/b26-11-. The van der Waals surface area contributed by atoms with Crippen molar-refractivity contribution in [2.75, 3.05) is 0 Å². The average Bonchev–Trinajstić information content (AvgIpc) is 2.70. The predicted molar refractivity (Wildman–Crippen MR) is 126 cm³/mol. The molecule has 3 aromatic carbocycles. The zero-order chi connectivity index (χ0) is 20.8. The monoisotopic (exact) mass is 558 g/mol. The Morgan fingerprint density at radius 3 is 2.45 bits per heavy atom. The quantitative estimate of drug-likeness (QED) is 0.210. The van der Waals surface area contributed by atoms with Gasteiger partial charge in [-0.25, -0.2) is 5.43 Å². The molecular weight excluding hydrogens is 546 g/mol. The van der Waals surface area contributed by atoms with Crippen LogP contribution < -0.4 is 10.2 Å². The molecule has 0 aliphatic heterocycles. The molecule has 0 unspecified atom stereocenters. The van der Waals surface area contributed by atoms with Crippen molar-refractivity contribution in [3.8, 4) is 5.75 Å². The lowest BCUT2D eigenvalue weighted by Gasteiger charge is -2.09. The highest BCUT2D eigenvalue weighted by molar-refractivity contribution is 14.1. The fourth-order valence-electron chi connectivity index (χ4n) is 2.34. The van der Waals surface area contributed by atoms with Gasteiger partial charge < -0.3 is 4.74 Å². The second-order valence-corrected chi connectivity index (χ2v) is 8.35. The van der Waals surface area contributed by atoms with Gasteiger partial charge in [-0.15, -0.1) is 0 Å². The second-order valence-electron chi connectivity index (χ2n) is 5.93. The van der Waals surface area contributed by atoms with Gasteiger partial charge in [0.25, 0.3) is 5.91 Å². The summed E-state index contributed by atoms with van der Waals surface area (Å²) in [4.78, 5) is 12.0. The minimum atomic E-state index is -0.311. The Labute approximate surface area is 197 Å². The molecule has 0 aliphatic carbocycles. The van der Waals surface area contributed by atoms with Gasteiger partial charge in [0.1, 0.15) is 12.4 Å². The zero-order valence-electron chi connectivity index (χ0n) is 14.8. The molecule has 3 rings (SSSR count). The van der Waals surface area contributed by atoms with Crippen LogP contribution in [0.5, 0.6) is 5.75 Å². The Bertz CT molecular complexity index is 1060. The van der Waals surface area contributed by atoms with Gasteiger partial charge in [-0.05, 0) is 88.3 Å². The summed E-state index contributed by atoms with van der Waals surface area (Å²) in [5.41, 5.74) is 4.72. The van der Waals surface area contributed by atoms with Crippen LogP contribution in [0.2, 0.25) is 15.1 Å². The topological polar surface area (TPSA) is 50.7 Å². The molecule has 0 radical (unpaired) electrons. The molecule has 148 valence electrons. The highest BCUT2D eigenvalue weighted by Crippen LogP contribution is 2.25. The van der Waals surface area contributed by atoms with Gasteiger partial charge in [0.15, 0.2) is 0 Å². The molecule has 4 nitrogen and oxygen atoms in total. The third kappa shape index (κ3) is 6.34. The number of hydrazone groups is 1. The maximum absolute atomic E-state index is 12.0. The van der Waals surface area contributed by atoms with Crippen molar-refractivity contribution in [2.24, 2.45) is 5.10 Å². The number of carbonyl (C=O) groups excluding carboxylic acids is 1. The van der Waals surface area contributed by atoms with Crippen LogP contribution in [0.3, 0.4) is 0 Å². The molecule has 0 spiro atoms. The minimum absolute atomic E-state index is 0.311. The number of hydrogen-bond acceptors (Lipinski definition) is 3. The van der Waals surface area contributed by atoms with Crippen LogP contribution in [0.1, 0.15) is 21.5 Å². The Morgan fingerprint density at radius 1 is 1.00 bits per heavy atom. The van der Waals surface area contributed by atoms with Crippen LogP contribution in [0.15, 0.2) is 65.8 Å². The summed E-state index contributed by atoms with van der Waals surface area (Å²) in [6, 6.07) is 17.6. The number of hydrogen-bond donors (Lipinski definition) is 1. The van der Waals surface area contributed by atoms with Gasteiger partial charge in [-0.3, -0.25) is 4.79 Å². The van der Waals surface area contributed by atoms with Gasteiger partial charge in [0.2, 0.25) is 0 Å². The number of ether oxygens (including phenoxy) is 1. The first-order valence-corrected chi connectivity index (χ1v) is 10.6. The lowest BCUT2D eigenvalue weighted by Crippen LogP contribution is -2.17. The maximum atomic E-state index is 12.0. The van der Waals surface area contributed by atoms with Gasteiger partial charge in [0, 0.05) is 10.6 Å². The van der Waals surface area contributed by atoms with Gasteiger partial charge in [-0.1, -0.05) is 40.9 Å². The smallest absolute Gasteiger partial charge is 0.271 e. The summed E-state index contributed by atoms with van der Waals surface area (Å²) in [6.07, 6.45) is 1.57. The van der Waals surface area contributed by atoms with Crippen molar-refractivity contribution in [3.05, 3.63) is 96.0 Å². The Hall–Kier alpha value is -1.80. The number of nitrogens with zero attached hydrogens (tertiary/aromatic N) is 1. The molecule has 0 aliphatic rings. The van der Waals surface area contributed by atoms with Crippen molar-refractivity contribution in [2.45, 2.75) is 6.61 Å². The van der Waals surface area contributed by atoms with Crippen molar-refractivity contribution in [1.82, 2.24) is 5.43 Å². The van der Waals surface area contributed by atoms with Crippen LogP contribution >= 0.6 is 57.4 Å². The molecule has 1 amide bonds. The number of rotatable bonds is 6. The van der Waals surface area contributed by atoms with Gasteiger partial charge in [-0.2, -0.15) is 5.10 Å². The van der Waals surface area contributed by atoms with E-state index in [1.165, 1.54) is 0 Å². The van der Waals surface area contributed by atoms with Crippen molar-refractivity contribution in [3.63, 3.8) is 0 Å². The van der Waals surface area contributed by atoms with Crippen LogP contribution in [0.25, 0.3) is 0 Å². The number of amides is 1. The van der Waals surface area contributed by atoms with E-state index in [1.807, 2.05) is 24.3 Å². The molecule has 1 N–H and O–H groups in total. The first-order chi connectivity index (χ1) is 13.9. The molecule has 3 aromatic rings. The van der Waals surface area contributed by atoms with E-state index in [4.69, 9.17) is 39.5 Å². The minimum Gasteiger partial charge on any atom is -0.488 e. The predicted octanol–water partition coefficient (Wildman–Crippen LogP) is 6.59. The summed E-state index contributed by atoms with van der Waals surface area (Å²) >= 11 is 19.9. The van der Waals surface area contributed by atoms with Crippen molar-refractivity contribution >= 4 is 69.5 Å². The highest BCUT2D eigenvalue weighted by Gasteiger charge is 2.06. The number of halogens is 4. The summed E-state index contributed by atoms with van der Waals surface area (Å²) in [5.74, 6) is 0.424. The van der Waals surface area contributed by atoms with E-state index in [0.29, 0.717) is 27.2 Å². The summed E-state index contributed by atoms with van der Waals surface area (Å²) in [7, 11) is 0. The van der Waals surface area contributed by atoms with Crippen LogP contribution in [0.4, 0.5) is 0 Å². The SMILES string of the molecule is O=C(N/N=C\c1ccc(OCc2ccc(Cl)c(Cl)c2)c(I)c1)c1ccc(Cl)cc1. The molecule has 0 saturated carbocycles. The first kappa shape index (κ1) is 21.9. The lowest BCUT2D eigenvalue weighted by atomic mass is 10.2. The zero-order valence-corrected chi connectivity index (χ0v) is 19.3. The van der Waals surface area contributed by atoms with E-state index in [2.05, 4.69) is 33.1 Å². The molecule has 8 heteroatoms. The van der Waals surface area contributed by atoms with Gasteiger partial charge >= 0.3 is 0 Å². The molecule has 0 fully saturated rings. The van der Waals surface area contributed by atoms with Crippen molar-refractivity contribution < 1.29 is 9.53 Å². The summed E-state index contributed by atoms with van der Waals surface area (Å²) in [5, 5.41) is 5.57. The van der Waals surface area contributed by atoms with E-state index in [-0.39, 0.29) is 5.91 Å². The third-order valence-corrected chi connectivity index (χ3v) is 5.65. The van der Waals surface area contributed by atoms with Crippen LogP contribution in [0, 0.1) is 3.57 Å². The van der Waals surface area contributed by atoms with E-state index in [1.54, 1.807) is 42.6 Å². The molecule has 0 atom stereocenters. The number of carbonyl (C=O) groups is 1. The molecular formula is C21H14Cl3IN2O2. The average molecular weight is 560 g/mol. The molecule has 0 bridgehead atoms. The second kappa shape index (κ2) is 10.3. The largest absolute Gasteiger partial charge is 0.488 e. The molecule has 29 heavy (non-hydrogen) atoms. The molecule has 0 heterocycles. The van der Waals surface area contributed by atoms with Crippen LogP contribution in [-0.2, 0) is 6.61 Å². The Balaban J connectivity index is 1.58. The Morgan fingerprint density at radius 2 is 1.76 bits per heavy atom. The number of nitrogens with one attached hydrogen (secondary N) is 1. The van der Waals surface area contributed by atoms with E-state index in [9.17, 15) is 4.79 Å². The Kier molecular flexibility index (Phi) is 7.77. The third-order valence-electron chi connectivity index (χ3n) is 3.82. The molecule has 0 saturated heterocycles. The van der Waals surface area contributed by atoms with Crippen LogP contribution in [-0.4, -0.2) is 12.1 Å². The number of benzene rings is 3. The fraction of sp³-hybridized carbons (Fsp3) is 0.0476. The summed E-state index contributed by atoms with van der Waals surface area (Å²) in [6.45, 7) is 0.372. The molecule has 0 aromatic heterocycles. The van der Waals surface area contributed by atoms with Crippen molar-refractivity contribution in [1.29, 1.82) is 0 Å². The normalized spacial score (nSPS) is 10.9. The summed E-state index contributed by atoms with van der Waals surface area (Å²) < 4.78 is 6.76. The maximum Gasteiger partial charge on any atom is 0.271 e. The van der Waals surface area contributed by atoms with E-state index >= 15 is 0 Å². The highest BCUT2D eigenvalue weighted by atomic mass is 127. The van der Waals surface area contributed by atoms with Gasteiger partial charge in [0.05, 0.1) is 19.8 Å². The fourth-order valence-corrected chi connectivity index (χ4v) is 3.48. The lowest BCUT2D eigenvalue weighted by molar-refractivity contribution is 0.0955.